The van der Waals surface area contributed by atoms with Crippen molar-refractivity contribution in [3.05, 3.63) is 46.6 Å². The van der Waals surface area contributed by atoms with Gasteiger partial charge in [-0.05, 0) is 55.6 Å². The molecule has 0 amide bonds. The summed E-state index contributed by atoms with van der Waals surface area (Å²) in [6, 6.07) is 5.11. The standard InChI is InChI=1S/C26H31NO7.C2H6.CH4O/c1-13-16-10-20(32-14(2)28)26(4)23(25(16,3)8-7-17(13)29)22(30)21-19(34-26)11-18(33-24(21)31)15-6-5-9-27-12-15;2*1-2/h5-6,9,11-13,16-17,20,22-23,29-30H,7-8,10H2,1-4H3;1-2H3;2H,1H3. The van der Waals surface area contributed by atoms with E-state index in [1.54, 1.807) is 30.6 Å². The number of fused-ring (bicyclic) bond motifs is 4. The average molecular weight is 532 g/mol. The molecule has 3 heterocycles. The zero-order valence-corrected chi connectivity index (χ0v) is 23.3. The Kier molecular flexibility index (Phi) is 9.06. The molecule has 2 fully saturated rings. The maximum Gasteiger partial charge on any atom is 0.345 e. The molecule has 38 heavy (non-hydrogen) atoms. The number of hydrogen-bond acceptors (Lipinski definition) is 9. The SMILES string of the molecule is CC.CC(=O)OC1CC2C(C)C(O)CCC2(C)C2C(O)c3c(cc(-c4cccnc4)oc3=O)OC12C.CO. The van der Waals surface area contributed by atoms with Crippen molar-refractivity contribution >= 4 is 5.97 Å². The van der Waals surface area contributed by atoms with Crippen LogP contribution in [0.25, 0.3) is 11.3 Å². The number of carbonyl (C=O) groups is 1. The second-order valence-corrected chi connectivity index (χ2v) is 10.5. The van der Waals surface area contributed by atoms with Crippen molar-refractivity contribution in [1.29, 1.82) is 0 Å². The van der Waals surface area contributed by atoms with E-state index in [0.717, 1.165) is 7.11 Å². The van der Waals surface area contributed by atoms with Gasteiger partial charge in [0.1, 0.15) is 28.8 Å². The number of aliphatic hydroxyl groups excluding tert-OH is 3. The minimum absolute atomic E-state index is 0.0276. The van der Waals surface area contributed by atoms with E-state index < -0.39 is 46.8 Å². The summed E-state index contributed by atoms with van der Waals surface area (Å²) in [4.78, 5) is 29.3. The molecule has 0 aromatic carbocycles. The van der Waals surface area contributed by atoms with Crippen LogP contribution in [0.2, 0.25) is 0 Å². The van der Waals surface area contributed by atoms with E-state index in [-0.39, 0.29) is 28.9 Å². The maximum absolute atomic E-state index is 13.1. The van der Waals surface area contributed by atoms with E-state index in [1.165, 1.54) is 6.92 Å². The summed E-state index contributed by atoms with van der Waals surface area (Å²) in [5, 5.41) is 29.3. The minimum Gasteiger partial charge on any atom is -0.482 e. The van der Waals surface area contributed by atoms with Gasteiger partial charge in [-0.25, -0.2) is 4.79 Å². The third-order valence-corrected chi connectivity index (χ3v) is 8.65. The summed E-state index contributed by atoms with van der Waals surface area (Å²) in [7, 11) is 1.00. The lowest BCUT2D eigenvalue weighted by Gasteiger charge is -2.63. The largest absolute Gasteiger partial charge is 0.482 e. The number of aromatic nitrogens is 1. The van der Waals surface area contributed by atoms with Crippen molar-refractivity contribution in [3.63, 3.8) is 0 Å². The molecular weight excluding hydrogens is 490 g/mol. The summed E-state index contributed by atoms with van der Waals surface area (Å²) in [5.74, 6) is -0.559. The zero-order valence-electron chi connectivity index (χ0n) is 23.3. The Hall–Kier alpha value is -2.75. The highest BCUT2D eigenvalue weighted by molar-refractivity contribution is 5.66. The van der Waals surface area contributed by atoms with Crippen molar-refractivity contribution in [1.82, 2.24) is 4.98 Å². The Morgan fingerprint density at radius 1 is 1.21 bits per heavy atom. The molecule has 3 N–H and O–H groups in total. The highest BCUT2D eigenvalue weighted by Crippen LogP contribution is 2.64. The molecule has 2 aromatic rings. The molecule has 9 heteroatoms. The number of nitrogens with zero attached hydrogens (tertiary/aromatic N) is 1. The summed E-state index contributed by atoms with van der Waals surface area (Å²) in [6.07, 6.45) is 2.65. The molecule has 210 valence electrons. The van der Waals surface area contributed by atoms with E-state index in [1.807, 2.05) is 27.7 Å². The lowest BCUT2D eigenvalue weighted by Crippen LogP contribution is -2.69. The van der Waals surface area contributed by atoms with Gasteiger partial charge in [-0.3, -0.25) is 9.78 Å². The second-order valence-electron chi connectivity index (χ2n) is 10.5. The fraction of sp³-hybridized carbons (Fsp3) is 0.621. The van der Waals surface area contributed by atoms with Crippen LogP contribution in [0.3, 0.4) is 0 Å². The minimum atomic E-state index is -1.18. The number of carbonyl (C=O) groups excluding carboxylic acids is 1. The van der Waals surface area contributed by atoms with Gasteiger partial charge in [0.05, 0.1) is 12.2 Å². The first-order valence-electron chi connectivity index (χ1n) is 13.3. The van der Waals surface area contributed by atoms with Crippen molar-refractivity contribution in [3.8, 4) is 17.1 Å². The van der Waals surface area contributed by atoms with Crippen LogP contribution in [-0.4, -0.2) is 51.2 Å². The first-order valence-corrected chi connectivity index (χ1v) is 13.3. The van der Waals surface area contributed by atoms with E-state index in [9.17, 15) is 19.8 Å². The van der Waals surface area contributed by atoms with E-state index >= 15 is 0 Å². The van der Waals surface area contributed by atoms with Crippen LogP contribution in [-0.2, 0) is 9.53 Å². The summed E-state index contributed by atoms with van der Waals surface area (Å²) >= 11 is 0. The van der Waals surface area contributed by atoms with Crippen molar-refractivity contribution in [2.24, 2.45) is 23.2 Å². The highest BCUT2D eigenvalue weighted by Gasteiger charge is 2.67. The van der Waals surface area contributed by atoms with Gasteiger partial charge in [0.15, 0.2) is 0 Å². The smallest absolute Gasteiger partial charge is 0.345 e. The second kappa shape index (κ2) is 11.6. The van der Waals surface area contributed by atoms with Crippen LogP contribution in [0.4, 0.5) is 0 Å². The monoisotopic (exact) mass is 531 g/mol. The number of hydrogen-bond donors (Lipinski definition) is 3. The number of aliphatic hydroxyl groups is 3. The van der Waals surface area contributed by atoms with Crippen LogP contribution in [0, 0.1) is 23.2 Å². The molecule has 2 aromatic heterocycles. The van der Waals surface area contributed by atoms with Crippen LogP contribution in [0.15, 0.2) is 39.8 Å². The fourth-order valence-electron chi connectivity index (χ4n) is 7.02. The average Bonchev–Trinajstić information content (AvgIpc) is 2.90. The molecule has 1 aliphatic heterocycles. The Morgan fingerprint density at radius 3 is 2.50 bits per heavy atom. The van der Waals surface area contributed by atoms with Crippen LogP contribution in [0.5, 0.6) is 5.75 Å². The molecule has 0 radical (unpaired) electrons. The van der Waals surface area contributed by atoms with Crippen molar-refractivity contribution in [2.45, 2.75) is 84.7 Å². The Morgan fingerprint density at radius 2 is 1.89 bits per heavy atom. The normalized spacial score (nSPS) is 34.9. The number of pyridine rings is 1. The maximum atomic E-state index is 13.1. The summed E-state index contributed by atoms with van der Waals surface area (Å²) in [5.41, 5.74) is -1.50. The molecular formula is C29H41NO8. The number of ether oxygens (including phenoxy) is 2. The predicted octanol–water partition coefficient (Wildman–Crippen LogP) is 3.89. The third-order valence-electron chi connectivity index (χ3n) is 8.65. The molecule has 8 atom stereocenters. The van der Waals surface area contributed by atoms with Gasteiger partial charge in [-0.1, -0.05) is 27.7 Å². The molecule has 0 bridgehead atoms. The van der Waals surface area contributed by atoms with Crippen LogP contribution < -0.4 is 10.4 Å². The van der Waals surface area contributed by atoms with Gasteiger partial charge in [0.25, 0.3) is 0 Å². The number of esters is 1. The molecule has 0 saturated heterocycles. The lowest BCUT2D eigenvalue weighted by atomic mass is 9.46. The molecule has 2 aliphatic carbocycles. The fourth-order valence-corrected chi connectivity index (χ4v) is 7.02. The first kappa shape index (κ1) is 29.8. The topological polar surface area (TPSA) is 139 Å². The first-order chi connectivity index (χ1) is 18.1. The van der Waals surface area contributed by atoms with E-state index in [0.29, 0.717) is 24.8 Å². The van der Waals surface area contributed by atoms with E-state index in [4.69, 9.17) is 19.0 Å². The van der Waals surface area contributed by atoms with Crippen LogP contribution >= 0.6 is 0 Å². The molecule has 9 nitrogen and oxygen atoms in total. The van der Waals surface area contributed by atoms with E-state index in [2.05, 4.69) is 11.9 Å². The van der Waals surface area contributed by atoms with Gasteiger partial charge in [0.2, 0.25) is 0 Å². The summed E-state index contributed by atoms with van der Waals surface area (Å²) < 4.78 is 17.9. The van der Waals surface area contributed by atoms with Gasteiger partial charge < -0.3 is 29.2 Å². The predicted molar refractivity (Wildman–Crippen MR) is 141 cm³/mol. The molecule has 8 unspecified atom stereocenters. The zero-order chi connectivity index (χ0) is 28.4. The van der Waals surface area contributed by atoms with Gasteiger partial charge in [-0.15, -0.1) is 0 Å². The van der Waals surface area contributed by atoms with Crippen molar-refractivity contribution < 1.29 is 34.0 Å². The number of rotatable bonds is 2. The van der Waals surface area contributed by atoms with Crippen molar-refractivity contribution in [2.75, 3.05) is 7.11 Å². The Labute approximate surface area is 223 Å². The Bertz CT molecular complexity index is 1170. The highest BCUT2D eigenvalue weighted by atomic mass is 16.6. The summed E-state index contributed by atoms with van der Waals surface area (Å²) in [6.45, 7) is 11.3. The molecule has 3 aliphatic rings. The van der Waals surface area contributed by atoms with Crippen LogP contribution in [0.1, 0.15) is 72.5 Å². The third kappa shape index (κ3) is 4.87. The molecule has 2 saturated carbocycles. The van der Waals surface area contributed by atoms with Gasteiger partial charge in [0, 0.05) is 44.0 Å². The van der Waals surface area contributed by atoms with Gasteiger partial charge in [-0.2, -0.15) is 0 Å². The molecule has 0 spiro atoms. The van der Waals surface area contributed by atoms with Gasteiger partial charge >= 0.3 is 11.6 Å². The lowest BCUT2D eigenvalue weighted by molar-refractivity contribution is -0.248. The Balaban J connectivity index is 0.000000956. The molecule has 5 rings (SSSR count). The quantitative estimate of drug-likeness (QED) is 0.493.